The van der Waals surface area contributed by atoms with Gasteiger partial charge >= 0.3 is 5.97 Å². The molecule has 0 fully saturated rings. The molecule has 5 nitrogen and oxygen atoms in total. The SMILES string of the molecule is CSCCc1nc(-c2cccc(C(=O)O)c2)no1. The standard InChI is InChI=1S/C12H12N2O3S/c1-18-6-5-10-13-11(14-17-10)8-3-2-4-9(7-8)12(15)16/h2-4,7H,5-6H2,1H3,(H,15,16). The van der Waals surface area contributed by atoms with E-state index in [1.807, 2.05) is 6.26 Å². The summed E-state index contributed by atoms with van der Waals surface area (Å²) in [4.78, 5) is 15.1. The molecule has 1 heterocycles. The highest BCUT2D eigenvalue weighted by Crippen LogP contribution is 2.17. The van der Waals surface area contributed by atoms with E-state index in [0.717, 1.165) is 5.75 Å². The molecule has 6 heteroatoms. The minimum Gasteiger partial charge on any atom is -0.478 e. The molecule has 0 aliphatic heterocycles. The summed E-state index contributed by atoms with van der Waals surface area (Å²) < 4.78 is 5.10. The molecule has 0 atom stereocenters. The van der Waals surface area contributed by atoms with Crippen molar-refractivity contribution < 1.29 is 14.4 Å². The fourth-order valence-electron chi connectivity index (χ4n) is 1.45. The molecule has 0 aliphatic rings. The normalized spacial score (nSPS) is 10.5. The minimum absolute atomic E-state index is 0.211. The van der Waals surface area contributed by atoms with Gasteiger partial charge in [-0.25, -0.2) is 4.79 Å². The predicted octanol–water partition coefficient (Wildman–Crippen LogP) is 2.34. The van der Waals surface area contributed by atoms with Crippen molar-refractivity contribution in [3.05, 3.63) is 35.7 Å². The second-order valence-electron chi connectivity index (χ2n) is 3.64. The van der Waals surface area contributed by atoms with E-state index in [2.05, 4.69) is 10.1 Å². The summed E-state index contributed by atoms with van der Waals surface area (Å²) in [6.45, 7) is 0. The van der Waals surface area contributed by atoms with Gasteiger partial charge in [0.25, 0.3) is 0 Å². The molecule has 1 N–H and O–H groups in total. The first-order valence-electron chi connectivity index (χ1n) is 5.36. The molecule has 0 saturated heterocycles. The Morgan fingerprint density at radius 3 is 3.06 bits per heavy atom. The Morgan fingerprint density at radius 1 is 1.50 bits per heavy atom. The van der Waals surface area contributed by atoms with E-state index in [0.29, 0.717) is 23.7 Å². The van der Waals surface area contributed by atoms with E-state index in [4.69, 9.17) is 9.63 Å². The van der Waals surface area contributed by atoms with Gasteiger partial charge in [0.1, 0.15) is 0 Å². The van der Waals surface area contributed by atoms with Gasteiger partial charge in [0.2, 0.25) is 11.7 Å². The van der Waals surface area contributed by atoms with Crippen LogP contribution in [0, 0.1) is 0 Å². The topological polar surface area (TPSA) is 76.2 Å². The Hall–Kier alpha value is -1.82. The number of rotatable bonds is 5. The Kier molecular flexibility index (Phi) is 3.99. The van der Waals surface area contributed by atoms with Crippen LogP contribution < -0.4 is 0 Å². The highest BCUT2D eigenvalue weighted by atomic mass is 32.2. The van der Waals surface area contributed by atoms with Gasteiger partial charge in [-0.2, -0.15) is 16.7 Å². The van der Waals surface area contributed by atoms with E-state index in [9.17, 15) is 4.79 Å². The van der Waals surface area contributed by atoms with E-state index in [1.54, 1.807) is 23.9 Å². The van der Waals surface area contributed by atoms with Gasteiger partial charge < -0.3 is 9.63 Å². The van der Waals surface area contributed by atoms with Gasteiger partial charge in [-0.1, -0.05) is 17.3 Å². The minimum atomic E-state index is -0.969. The van der Waals surface area contributed by atoms with Crippen LogP contribution >= 0.6 is 11.8 Å². The summed E-state index contributed by atoms with van der Waals surface area (Å²) in [5.41, 5.74) is 0.858. The molecule has 94 valence electrons. The lowest BCUT2D eigenvalue weighted by molar-refractivity contribution is 0.0697. The summed E-state index contributed by atoms with van der Waals surface area (Å²) in [5, 5.41) is 12.8. The molecule has 0 amide bonds. The van der Waals surface area contributed by atoms with Gasteiger partial charge in [-0.15, -0.1) is 0 Å². The van der Waals surface area contributed by atoms with Crippen molar-refractivity contribution in [1.82, 2.24) is 10.1 Å². The predicted molar refractivity (Wildman–Crippen MR) is 68.8 cm³/mol. The van der Waals surface area contributed by atoms with E-state index >= 15 is 0 Å². The molecule has 0 radical (unpaired) electrons. The number of carboxylic acid groups (broad SMARTS) is 1. The molecule has 0 saturated carbocycles. The third kappa shape index (κ3) is 2.89. The summed E-state index contributed by atoms with van der Waals surface area (Å²) in [7, 11) is 0. The maximum atomic E-state index is 10.9. The van der Waals surface area contributed by atoms with Crippen LogP contribution in [0.1, 0.15) is 16.2 Å². The van der Waals surface area contributed by atoms with Crippen molar-refractivity contribution in [2.45, 2.75) is 6.42 Å². The maximum Gasteiger partial charge on any atom is 0.335 e. The average Bonchev–Trinajstić information content (AvgIpc) is 2.85. The van der Waals surface area contributed by atoms with Crippen LogP contribution in [0.2, 0.25) is 0 Å². The molecule has 18 heavy (non-hydrogen) atoms. The van der Waals surface area contributed by atoms with E-state index in [-0.39, 0.29) is 5.56 Å². The van der Waals surface area contributed by atoms with Crippen LogP contribution in [-0.2, 0) is 6.42 Å². The van der Waals surface area contributed by atoms with Crippen LogP contribution in [0.4, 0.5) is 0 Å². The second kappa shape index (κ2) is 5.68. The number of benzene rings is 1. The van der Waals surface area contributed by atoms with Gasteiger partial charge in [0.05, 0.1) is 5.56 Å². The quantitative estimate of drug-likeness (QED) is 0.893. The van der Waals surface area contributed by atoms with Crippen molar-refractivity contribution in [1.29, 1.82) is 0 Å². The van der Waals surface area contributed by atoms with Crippen LogP contribution in [0.15, 0.2) is 28.8 Å². The van der Waals surface area contributed by atoms with Crippen molar-refractivity contribution >= 4 is 17.7 Å². The van der Waals surface area contributed by atoms with Crippen molar-refractivity contribution in [2.75, 3.05) is 12.0 Å². The Bertz CT molecular complexity index is 554. The summed E-state index contributed by atoms with van der Waals surface area (Å²) >= 11 is 1.70. The molecule has 2 aromatic rings. The highest BCUT2D eigenvalue weighted by molar-refractivity contribution is 7.98. The average molecular weight is 264 g/mol. The summed E-state index contributed by atoms with van der Waals surface area (Å²) in [5.74, 6) is 0.939. The molecule has 1 aromatic carbocycles. The fraction of sp³-hybridized carbons (Fsp3) is 0.250. The number of carbonyl (C=O) groups is 1. The van der Waals surface area contributed by atoms with E-state index < -0.39 is 5.97 Å². The number of aromatic nitrogens is 2. The third-order valence-electron chi connectivity index (χ3n) is 2.36. The smallest absolute Gasteiger partial charge is 0.335 e. The highest BCUT2D eigenvalue weighted by Gasteiger charge is 2.10. The number of carboxylic acids is 1. The number of nitrogens with zero attached hydrogens (tertiary/aromatic N) is 2. The van der Waals surface area contributed by atoms with Crippen LogP contribution in [0.5, 0.6) is 0 Å². The van der Waals surface area contributed by atoms with Crippen molar-refractivity contribution in [2.24, 2.45) is 0 Å². The largest absolute Gasteiger partial charge is 0.478 e. The molecule has 1 aromatic heterocycles. The zero-order valence-corrected chi connectivity index (χ0v) is 10.6. The fourth-order valence-corrected chi connectivity index (χ4v) is 1.83. The molecule has 0 bridgehead atoms. The monoisotopic (exact) mass is 264 g/mol. The lowest BCUT2D eigenvalue weighted by atomic mass is 10.1. The number of aromatic carboxylic acids is 1. The van der Waals surface area contributed by atoms with Gasteiger partial charge in [-0.05, 0) is 18.4 Å². The summed E-state index contributed by atoms with van der Waals surface area (Å²) in [6, 6.07) is 6.48. The lowest BCUT2D eigenvalue weighted by Gasteiger charge is -1.96. The first-order chi connectivity index (χ1) is 8.70. The molecule has 0 unspecified atom stereocenters. The van der Waals surface area contributed by atoms with Gasteiger partial charge in [0, 0.05) is 17.7 Å². The third-order valence-corrected chi connectivity index (χ3v) is 2.97. The first kappa shape index (κ1) is 12.6. The molecule has 0 aliphatic carbocycles. The Labute approximate surface area is 108 Å². The van der Waals surface area contributed by atoms with Crippen LogP contribution in [0.25, 0.3) is 11.4 Å². The van der Waals surface area contributed by atoms with E-state index in [1.165, 1.54) is 12.1 Å². The zero-order chi connectivity index (χ0) is 13.0. The zero-order valence-electron chi connectivity index (χ0n) is 9.79. The molecule has 0 spiro atoms. The first-order valence-corrected chi connectivity index (χ1v) is 6.75. The summed E-state index contributed by atoms with van der Waals surface area (Å²) in [6.07, 6.45) is 2.72. The van der Waals surface area contributed by atoms with Crippen molar-refractivity contribution in [3.8, 4) is 11.4 Å². The van der Waals surface area contributed by atoms with Crippen LogP contribution in [-0.4, -0.2) is 33.2 Å². The second-order valence-corrected chi connectivity index (χ2v) is 4.63. The maximum absolute atomic E-state index is 10.9. The van der Waals surface area contributed by atoms with Crippen molar-refractivity contribution in [3.63, 3.8) is 0 Å². The molecular weight excluding hydrogens is 252 g/mol. The molecular formula is C12H12N2O3S. The number of aryl methyl sites for hydroxylation is 1. The lowest BCUT2D eigenvalue weighted by Crippen LogP contribution is -1.96. The Balaban J connectivity index is 2.23. The Morgan fingerprint density at radius 2 is 2.33 bits per heavy atom. The van der Waals surface area contributed by atoms with Crippen LogP contribution in [0.3, 0.4) is 0 Å². The number of hydrogen-bond donors (Lipinski definition) is 1. The number of thioether (sulfide) groups is 1. The molecule has 2 rings (SSSR count). The number of hydrogen-bond acceptors (Lipinski definition) is 5. The van der Waals surface area contributed by atoms with Gasteiger partial charge in [-0.3, -0.25) is 0 Å². The van der Waals surface area contributed by atoms with Gasteiger partial charge in [0.15, 0.2) is 0 Å².